The van der Waals surface area contributed by atoms with Crippen molar-refractivity contribution in [2.45, 2.75) is 59.9 Å². The van der Waals surface area contributed by atoms with E-state index in [1.54, 1.807) is 0 Å². The molecule has 0 saturated carbocycles. The van der Waals surface area contributed by atoms with Crippen LogP contribution in [-0.4, -0.2) is 9.55 Å². The first-order valence-corrected chi connectivity index (χ1v) is 9.67. The highest BCUT2D eigenvalue weighted by Gasteiger charge is 2.27. The van der Waals surface area contributed by atoms with E-state index in [0.29, 0.717) is 6.04 Å². The Labute approximate surface area is 163 Å². The smallest absolute Gasteiger partial charge is 0.233 e. The fourth-order valence-corrected chi connectivity index (χ4v) is 3.56. The molecule has 2 aromatic heterocycles. The summed E-state index contributed by atoms with van der Waals surface area (Å²) in [6.07, 6.45) is 8.26. The number of benzene rings is 1. The molecule has 142 valence electrons. The average Bonchev–Trinajstić information content (AvgIpc) is 2.96. The Morgan fingerprint density at radius 1 is 1.07 bits per heavy atom. The summed E-state index contributed by atoms with van der Waals surface area (Å²) >= 11 is 0. The van der Waals surface area contributed by atoms with E-state index in [0.717, 1.165) is 5.82 Å². The maximum Gasteiger partial charge on any atom is 0.300 e. The Morgan fingerprint density at radius 3 is 2.37 bits per heavy atom. The van der Waals surface area contributed by atoms with Crippen molar-refractivity contribution < 1.29 is 9.13 Å². The van der Waals surface area contributed by atoms with Crippen LogP contribution >= 0.6 is 0 Å². The lowest BCUT2D eigenvalue weighted by molar-refractivity contribution is -0.659. The summed E-state index contributed by atoms with van der Waals surface area (Å²) in [7, 11) is 2.12. The highest BCUT2D eigenvalue weighted by Crippen LogP contribution is 2.32. The lowest BCUT2D eigenvalue weighted by Gasteiger charge is -2.22. The normalized spacial score (nSPS) is 12.0. The van der Waals surface area contributed by atoms with Gasteiger partial charge in [-0.25, -0.2) is 13.7 Å². The predicted octanol–water partition coefficient (Wildman–Crippen LogP) is 4.15. The second-order valence-electron chi connectivity index (χ2n) is 8.69. The van der Waals surface area contributed by atoms with Crippen LogP contribution in [0.4, 0.5) is 0 Å². The number of hydrogen-bond donors (Lipinski definition) is 0. The number of imidazole rings is 1. The second-order valence-corrected chi connectivity index (χ2v) is 8.69. The Morgan fingerprint density at radius 2 is 1.78 bits per heavy atom. The number of rotatable bonds is 3. The fourth-order valence-electron chi connectivity index (χ4n) is 3.56. The monoisotopic (exact) mass is 364 g/mol. The fraction of sp³-hybridized carbons (Fsp3) is 0.435. The first kappa shape index (κ1) is 19.3. The van der Waals surface area contributed by atoms with Crippen LogP contribution in [0.5, 0.6) is 0 Å². The van der Waals surface area contributed by atoms with E-state index in [-0.39, 0.29) is 5.41 Å². The molecule has 0 spiro atoms. The van der Waals surface area contributed by atoms with Gasteiger partial charge in [-0.15, -0.1) is 0 Å². The maximum absolute atomic E-state index is 4.50. The molecule has 27 heavy (non-hydrogen) atoms. The zero-order valence-electron chi connectivity index (χ0n) is 17.9. The van der Waals surface area contributed by atoms with Crippen molar-refractivity contribution in [1.82, 2.24) is 9.55 Å². The van der Waals surface area contributed by atoms with Crippen LogP contribution in [-0.2, 0) is 12.5 Å². The summed E-state index contributed by atoms with van der Waals surface area (Å²) in [6, 6.07) is 7.07. The molecule has 3 rings (SSSR count). The van der Waals surface area contributed by atoms with E-state index in [1.807, 2.05) is 12.3 Å². The number of nitrogens with zero attached hydrogens (tertiary/aromatic N) is 4. The number of hydrogen-bond acceptors (Lipinski definition) is 1. The van der Waals surface area contributed by atoms with Crippen LogP contribution < -0.4 is 9.13 Å². The van der Waals surface area contributed by atoms with Crippen molar-refractivity contribution in [2.24, 2.45) is 7.05 Å². The molecule has 0 amide bonds. The molecule has 0 radical (unpaired) electrons. The summed E-state index contributed by atoms with van der Waals surface area (Å²) in [6.45, 7) is 15.5. The summed E-state index contributed by atoms with van der Waals surface area (Å²) in [4.78, 5) is 4.50. The van der Waals surface area contributed by atoms with E-state index >= 15 is 0 Å². The molecule has 4 heteroatoms. The van der Waals surface area contributed by atoms with Crippen LogP contribution in [0.3, 0.4) is 0 Å². The van der Waals surface area contributed by atoms with Crippen molar-refractivity contribution in [3.8, 4) is 17.1 Å². The van der Waals surface area contributed by atoms with Crippen LogP contribution in [0.1, 0.15) is 57.6 Å². The van der Waals surface area contributed by atoms with Gasteiger partial charge >= 0.3 is 0 Å². The van der Waals surface area contributed by atoms with E-state index in [9.17, 15) is 0 Å². The van der Waals surface area contributed by atoms with E-state index < -0.39 is 0 Å². The van der Waals surface area contributed by atoms with Gasteiger partial charge in [0.2, 0.25) is 0 Å². The molecule has 0 aliphatic heterocycles. The summed E-state index contributed by atoms with van der Waals surface area (Å²) < 4.78 is 6.76. The molecule has 0 saturated heterocycles. The molecule has 0 aliphatic rings. The molecule has 0 atom stereocenters. The standard InChI is InChI=1S/C23H32N4/c1-16(2)26-13-12-25(8)22(26)20-14-19(23(5,6)7)15-21(17(20)3)27-11-9-10-24-18(27)4/h9-16H,1-8H3/q+2. The Kier molecular flexibility index (Phi) is 4.94. The summed E-state index contributed by atoms with van der Waals surface area (Å²) in [5.41, 5.74) is 5.11. The van der Waals surface area contributed by atoms with E-state index in [4.69, 9.17) is 0 Å². The van der Waals surface area contributed by atoms with Gasteiger partial charge in [-0.1, -0.05) is 25.8 Å². The summed E-state index contributed by atoms with van der Waals surface area (Å²) in [5.74, 6) is 2.22. The Bertz CT molecular complexity index is 975. The van der Waals surface area contributed by atoms with Gasteiger partial charge in [-0.05, 0) is 43.9 Å². The molecule has 4 nitrogen and oxygen atoms in total. The molecule has 0 N–H and O–H groups in total. The molecule has 0 aliphatic carbocycles. The molecule has 1 aromatic carbocycles. The lowest BCUT2D eigenvalue weighted by Crippen LogP contribution is -2.37. The molecule has 0 unspecified atom stereocenters. The Balaban J connectivity index is 2.38. The van der Waals surface area contributed by atoms with Crippen LogP contribution in [0.25, 0.3) is 17.1 Å². The molecular weight excluding hydrogens is 332 g/mol. The van der Waals surface area contributed by atoms with Gasteiger partial charge in [-0.2, -0.15) is 0 Å². The lowest BCUT2D eigenvalue weighted by atomic mass is 9.84. The molecule has 0 fully saturated rings. The average molecular weight is 365 g/mol. The third kappa shape index (κ3) is 3.53. The maximum atomic E-state index is 4.50. The highest BCUT2D eigenvalue weighted by atomic mass is 15.1. The number of aromatic nitrogens is 4. The summed E-state index contributed by atoms with van der Waals surface area (Å²) in [5, 5.41) is 0. The van der Waals surface area contributed by atoms with Gasteiger partial charge in [0.05, 0.1) is 18.7 Å². The molecular formula is C23H32N4+2. The predicted molar refractivity (Wildman–Crippen MR) is 109 cm³/mol. The highest BCUT2D eigenvalue weighted by molar-refractivity contribution is 5.65. The zero-order chi connectivity index (χ0) is 19.9. The minimum atomic E-state index is 0.0572. The molecule has 2 heterocycles. The Hall–Kier alpha value is -2.49. The van der Waals surface area contributed by atoms with Gasteiger partial charge in [0.1, 0.15) is 30.5 Å². The van der Waals surface area contributed by atoms with E-state index in [1.165, 1.54) is 28.2 Å². The topological polar surface area (TPSA) is 25.6 Å². The van der Waals surface area contributed by atoms with Crippen LogP contribution in [0, 0.1) is 13.8 Å². The van der Waals surface area contributed by atoms with Crippen molar-refractivity contribution in [2.75, 3.05) is 0 Å². The van der Waals surface area contributed by atoms with Crippen molar-refractivity contribution >= 4 is 0 Å². The second kappa shape index (κ2) is 6.91. The zero-order valence-corrected chi connectivity index (χ0v) is 17.9. The van der Waals surface area contributed by atoms with Crippen molar-refractivity contribution in [3.05, 3.63) is 59.9 Å². The first-order valence-electron chi connectivity index (χ1n) is 9.67. The third-order valence-corrected chi connectivity index (χ3v) is 5.26. The van der Waals surface area contributed by atoms with Gasteiger partial charge in [0, 0.05) is 18.6 Å². The quantitative estimate of drug-likeness (QED) is 0.641. The van der Waals surface area contributed by atoms with Crippen LogP contribution in [0.2, 0.25) is 0 Å². The third-order valence-electron chi connectivity index (χ3n) is 5.26. The minimum absolute atomic E-state index is 0.0572. The van der Waals surface area contributed by atoms with Crippen LogP contribution in [0.15, 0.2) is 43.0 Å². The van der Waals surface area contributed by atoms with Gasteiger partial charge < -0.3 is 0 Å². The molecule has 0 bridgehead atoms. The van der Waals surface area contributed by atoms with Gasteiger partial charge in [-0.3, -0.25) is 0 Å². The minimum Gasteiger partial charge on any atom is -0.233 e. The van der Waals surface area contributed by atoms with Gasteiger partial charge in [0.15, 0.2) is 0 Å². The molecule has 3 aromatic rings. The van der Waals surface area contributed by atoms with Crippen molar-refractivity contribution in [3.63, 3.8) is 0 Å². The van der Waals surface area contributed by atoms with E-state index in [2.05, 4.69) is 105 Å². The SMILES string of the molecule is Cc1c(-c2n(C(C)C)cc[n+]2C)cc(C(C)(C)C)cc1-[n+]1cccnc1C. The largest absolute Gasteiger partial charge is 0.300 e. The van der Waals surface area contributed by atoms with Gasteiger partial charge in [0.25, 0.3) is 11.6 Å². The first-order chi connectivity index (χ1) is 12.6. The van der Waals surface area contributed by atoms with Crippen molar-refractivity contribution in [1.29, 1.82) is 0 Å². The number of aryl methyl sites for hydroxylation is 2.